The van der Waals surface area contributed by atoms with Gasteiger partial charge in [0.2, 0.25) is 0 Å². The third-order valence-corrected chi connectivity index (χ3v) is 3.61. The van der Waals surface area contributed by atoms with Crippen molar-refractivity contribution in [2.45, 2.75) is 0 Å². The van der Waals surface area contributed by atoms with Gasteiger partial charge in [-0.25, -0.2) is 0 Å². The second-order valence-electron chi connectivity index (χ2n) is 5.10. The highest BCUT2D eigenvalue weighted by atomic mass is 16.3. The van der Waals surface area contributed by atoms with Crippen LogP contribution in [0.4, 0.5) is 0 Å². The lowest BCUT2D eigenvalue weighted by atomic mass is 9.97. The number of hydrogen-bond acceptors (Lipinski definition) is 4. The number of phenolic OH excluding ortho intramolecular Hbond substituents is 3. The number of hydrogen-bond donors (Lipinski definition) is 3. The van der Waals surface area contributed by atoms with Crippen molar-refractivity contribution in [1.29, 1.82) is 0 Å². The standard InChI is InChI=1S/C19H14O4/c20-14-8-6-12(7-9-14)15-10-11-16(19(23)18(15)22)17(21)13-4-2-1-3-5-13/h1-11,20,22-23H. The maximum absolute atomic E-state index is 12.4. The van der Waals surface area contributed by atoms with Crippen molar-refractivity contribution in [1.82, 2.24) is 0 Å². The zero-order valence-corrected chi connectivity index (χ0v) is 12.1. The summed E-state index contributed by atoms with van der Waals surface area (Å²) in [4.78, 5) is 12.4. The van der Waals surface area contributed by atoms with E-state index in [0.29, 0.717) is 16.7 Å². The van der Waals surface area contributed by atoms with Crippen molar-refractivity contribution in [3.8, 4) is 28.4 Å². The molecule has 0 aliphatic carbocycles. The molecule has 3 aromatic carbocycles. The fraction of sp³-hybridized carbons (Fsp3) is 0. The molecule has 0 spiro atoms. The minimum Gasteiger partial charge on any atom is -0.508 e. The van der Waals surface area contributed by atoms with Crippen molar-refractivity contribution >= 4 is 5.78 Å². The maximum atomic E-state index is 12.4. The molecule has 23 heavy (non-hydrogen) atoms. The normalized spacial score (nSPS) is 10.4. The van der Waals surface area contributed by atoms with Gasteiger partial charge in [0.15, 0.2) is 17.3 Å². The van der Waals surface area contributed by atoms with Crippen LogP contribution in [0, 0.1) is 0 Å². The van der Waals surface area contributed by atoms with Crippen LogP contribution in [0.15, 0.2) is 66.7 Å². The van der Waals surface area contributed by atoms with Gasteiger partial charge in [-0.3, -0.25) is 4.79 Å². The van der Waals surface area contributed by atoms with Crippen molar-refractivity contribution in [3.05, 3.63) is 77.9 Å². The highest BCUT2D eigenvalue weighted by Crippen LogP contribution is 2.39. The monoisotopic (exact) mass is 306 g/mol. The van der Waals surface area contributed by atoms with Crippen LogP contribution in [0.2, 0.25) is 0 Å². The summed E-state index contributed by atoms with van der Waals surface area (Å²) < 4.78 is 0. The van der Waals surface area contributed by atoms with Crippen LogP contribution in [0.25, 0.3) is 11.1 Å². The first kappa shape index (κ1) is 14.7. The average molecular weight is 306 g/mol. The molecule has 4 heteroatoms. The number of phenols is 3. The Labute approximate surface area is 132 Å². The van der Waals surface area contributed by atoms with E-state index < -0.39 is 5.75 Å². The lowest BCUT2D eigenvalue weighted by Crippen LogP contribution is -2.01. The van der Waals surface area contributed by atoms with Crippen LogP contribution in [-0.2, 0) is 0 Å². The molecule has 0 aliphatic rings. The summed E-state index contributed by atoms with van der Waals surface area (Å²) in [6.07, 6.45) is 0. The molecule has 0 heterocycles. The SMILES string of the molecule is O=C(c1ccccc1)c1ccc(-c2ccc(O)cc2)c(O)c1O. The molecule has 4 nitrogen and oxygen atoms in total. The van der Waals surface area contributed by atoms with Crippen molar-refractivity contribution in [2.75, 3.05) is 0 Å². The largest absolute Gasteiger partial charge is 0.508 e. The Morgan fingerprint density at radius 2 is 1.35 bits per heavy atom. The number of carbonyl (C=O) groups is 1. The minimum atomic E-state index is -0.454. The van der Waals surface area contributed by atoms with Gasteiger partial charge < -0.3 is 15.3 Å². The smallest absolute Gasteiger partial charge is 0.196 e. The van der Waals surface area contributed by atoms with Crippen LogP contribution in [0.5, 0.6) is 17.2 Å². The lowest BCUT2D eigenvalue weighted by molar-refractivity contribution is 0.103. The first-order valence-corrected chi connectivity index (χ1v) is 7.02. The Hall–Kier alpha value is -3.27. The predicted molar refractivity (Wildman–Crippen MR) is 86.7 cm³/mol. The molecule has 0 aliphatic heterocycles. The first-order valence-electron chi connectivity index (χ1n) is 7.02. The maximum Gasteiger partial charge on any atom is 0.196 e. The summed E-state index contributed by atoms with van der Waals surface area (Å²) in [6, 6.07) is 17.8. The lowest BCUT2D eigenvalue weighted by Gasteiger charge is -2.10. The van der Waals surface area contributed by atoms with Crippen LogP contribution < -0.4 is 0 Å². The Kier molecular flexibility index (Phi) is 3.73. The number of aromatic hydroxyl groups is 3. The molecule has 0 unspecified atom stereocenters. The van der Waals surface area contributed by atoms with Gasteiger partial charge in [-0.15, -0.1) is 0 Å². The summed E-state index contributed by atoms with van der Waals surface area (Å²) in [7, 11) is 0. The van der Waals surface area contributed by atoms with Crippen molar-refractivity contribution in [2.24, 2.45) is 0 Å². The summed E-state index contributed by atoms with van der Waals surface area (Å²) in [5.41, 5.74) is 1.47. The molecule has 3 aromatic rings. The fourth-order valence-corrected chi connectivity index (χ4v) is 2.38. The van der Waals surface area contributed by atoms with E-state index in [-0.39, 0.29) is 22.8 Å². The number of benzene rings is 3. The van der Waals surface area contributed by atoms with Gasteiger partial charge in [-0.1, -0.05) is 42.5 Å². The zero-order chi connectivity index (χ0) is 16.4. The Balaban J connectivity index is 2.04. The molecule has 0 saturated heterocycles. The molecule has 3 N–H and O–H groups in total. The summed E-state index contributed by atoms with van der Waals surface area (Å²) in [5.74, 6) is -1.08. The number of carbonyl (C=O) groups excluding carboxylic acids is 1. The number of ketones is 1. The van der Waals surface area contributed by atoms with Gasteiger partial charge in [0, 0.05) is 11.1 Å². The third kappa shape index (κ3) is 2.74. The quantitative estimate of drug-likeness (QED) is 0.509. The van der Waals surface area contributed by atoms with Gasteiger partial charge in [-0.2, -0.15) is 0 Å². The third-order valence-electron chi connectivity index (χ3n) is 3.61. The fourth-order valence-electron chi connectivity index (χ4n) is 2.38. The molecule has 114 valence electrons. The molecular weight excluding hydrogens is 292 g/mol. The van der Waals surface area contributed by atoms with E-state index in [4.69, 9.17) is 0 Å². The van der Waals surface area contributed by atoms with Crippen molar-refractivity contribution in [3.63, 3.8) is 0 Å². The van der Waals surface area contributed by atoms with Crippen LogP contribution in [0.3, 0.4) is 0 Å². The van der Waals surface area contributed by atoms with E-state index in [9.17, 15) is 20.1 Å². The Morgan fingerprint density at radius 1 is 0.696 bits per heavy atom. The Morgan fingerprint density at radius 3 is 2.00 bits per heavy atom. The highest BCUT2D eigenvalue weighted by Gasteiger charge is 2.19. The molecule has 3 rings (SSSR count). The van der Waals surface area contributed by atoms with Gasteiger partial charge >= 0.3 is 0 Å². The second kappa shape index (κ2) is 5.85. The molecule has 0 amide bonds. The molecule has 0 radical (unpaired) electrons. The highest BCUT2D eigenvalue weighted by molar-refractivity contribution is 6.11. The predicted octanol–water partition coefficient (Wildman–Crippen LogP) is 3.70. The van der Waals surface area contributed by atoms with Gasteiger partial charge in [0.05, 0.1) is 5.56 Å². The number of rotatable bonds is 3. The van der Waals surface area contributed by atoms with Gasteiger partial charge in [0.25, 0.3) is 0 Å². The van der Waals surface area contributed by atoms with E-state index in [2.05, 4.69) is 0 Å². The Bertz CT molecular complexity index is 853. The van der Waals surface area contributed by atoms with Crippen LogP contribution in [-0.4, -0.2) is 21.1 Å². The summed E-state index contributed by atoms with van der Waals surface area (Å²) in [5, 5.41) is 29.8. The molecule has 0 atom stereocenters. The molecule has 0 fully saturated rings. The first-order chi connectivity index (χ1) is 11.1. The van der Waals surface area contributed by atoms with E-state index in [0.717, 1.165) is 0 Å². The summed E-state index contributed by atoms with van der Waals surface area (Å²) in [6.45, 7) is 0. The van der Waals surface area contributed by atoms with Crippen LogP contribution >= 0.6 is 0 Å². The molecule has 0 aromatic heterocycles. The van der Waals surface area contributed by atoms with Crippen molar-refractivity contribution < 1.29 is 20.1 Å². The topological polar surface area (TPSA) is 77.8 Å². The second-order valence-corrected chi connectivity index (χ2v) is 5.10. The molecule has 0 saturated carbocycles. The van der Waals surface area contributed by atoms with Gasteiger partial charge in [0.1, 0.15) is 5.75 Å². The van der Waals surface area contributed by atoms with Crippen LogP contribution in [0.1, 0.15) is 15.9 Å². The molecule has 0 bridgehead atoms. The average Bonchev–Trinajstić information content (AvgIpc) is 2.58. The minimum absolute atomic E-state index is 0.0382. The van der Waals surface area contributed by atoms with E-state index in [1.807, 2.05) is 0 Å². The zero-order valence-electron chi connectivity index (χ0n) is 12.1. The van der Waals surface area contributed by atoms with Gasteiger partial charge in [-0.05, 0) is 29.8 Å². The van der Waals surface area contributed by atoms with E-state index in [1.54, 1.807) is 48.5 Å². The molecular formula is C19H14O4. The van der Waals surface area contributed by atoms with E-state index >= 15 is 0 Å². The van der Waals surface area contributed by atoms with E-state index in [1.165, 1.54) is 18.2 Å². The summed E-state index contributed by atoms with van der Waals surface area (Å²) >= 11 is 0.